The van der Waals surface area contributed by atoms with Gasteiger partial charge in [-0.05, 0) is 46.0 Å². The lowest BCUT2D eigenvalue weighted by molar-refractivity contribution is 0.342. The first-order chi connectivity index (χ1) is 9.11. The zero-order chi connectivity index (χ0) is 13.8. The molecule has 106 valence electrons. The first kappa shape index (κ1) is 14.0. The first-order valence-electron chi connectivity index (χ1n) is 7.05. The molecule has 0 amide bonds. The maximum absolute atomic E-state index is 5.94. The van der Waals surface area contributed by atoms with Gasteiger partial charge >= 0.3 is 0 Å². The molecule has 0 saturated carbocycles. The fourth-order valence-corrected chi connectivity index (χ4v) is 2.77. The van der Waals surface area contributed by atoms with Gasteiger partial charge in [0.2, 0.25) is 0 Å². The molecule has 1 aliphatic heterocycles. The van der Waals surface area contributed by atoms with Crippen LogP contribution in [-0.2, 0) is 0 Å². The topological polar surface area (TPSA) is 41.7 Å². The van der Waals surface area contributed by atoms with Gasteiger partial charge in [-0.3, -0.25) is 0 Å². The van der Waals surface area contributed by atoms with E-state index in [1.807, 2.05) is 13.0 Å². The summed E-state index contributed by atoms with van der Waals surface area (Å²) >= 11 is 0. The lowest BCUT2D eigenvalue weighted by Gasteiger charge is -2.29. The summed E-state index contributed by atoms with van der Waals surface area (Å²) in [6, 6.07) is 6.72. The number of rotatable bonds is 5. The maximum Gasteiger partial charge on any atom is 0.144 e. The average Bonchev–Trinajstić information content (AvgIpc) is 2.79. The van der Waals surface area contributed by atoms with Gasteiger partial charge in [0.15, 0.2) is 0 Å². The third-order valence-corrected chi connectivity index (χ3v) is 3.58. The van der Waals surface area contributed by atoms with Crippen LogP contribution >= 0.6 is 0 Å². The standard InChI is InChI=1S/C15H25N3O/c1-4-19-15-10-12(7-8-14(15)16)18-9-5-6-13(18)11-17(2)3/h7-8,10,13H,4-6,9,11,16H2,1-3H3. The van der Waals surface area contributed by atoms with Gasteiger partial charge in [-0.15, -0.1) is 0 Å². The number of anilines is 2. The second-order valence-corrected chi connectivity index (χ2v) is 5.41. The Hall–Kier alpha value is -1.42. The Labute approximate surface area is 116 Å². The minimum absolute atomic E-state index is 0.591. The van der Waals surface area contributed by atoms with E-state index in [0.717, 1.165) is 18.8 Å². The molecule has 1 unspecified atom stereocenters. The molecule has 0 aromatic heterocycles. The molecule has 1 fully saturated rings. The van der Waals surface area contributed by atoms with Gasteiger partial charge in [0.25, 0.3) is 0 Å². The number of nitrogen functional groups attached to an aromatic ring is 1. The minimum Gasteiger partial charge on any atom is -0.492 e. The summed E-state index contributed by atoms with van der Waals surface area (Å²) in [4.78, 5) is 4.73. The van der Waals surface area contributed by atoms with Crippen molar-refractivity contribution in [2.24, 2.45) is 0 Å². The summed E-state index contributed by atoms with van der Waals surface area (Å²) in [5.74, 6) is 0.801. The summed E-state index contributed by atoms with van der Waals surface area (Å²) in [6.45, 7) is 4.84. The zero-order valence-electron chi connectivity index (χ0n) is 12.2. The van der Waals surface area contributed by atoms with Crippen molar-refractivity contribution in [2.75, 3.05) is 44.4 Å². The van der Waals surface area contributed by atoms with Gasteiger partial charge in [0, 0.05) is 30.9 Å². The fourth-order valence-electron chi connectivity index (χ4n) is 2.77. The average molecular weight is 263 g/mol. The molecule has 0 bridgehead atoms. The van der Waals surface area contributed by atoms with Crippen LogP contribution in [0, 0.1) is 0 Å². The van der Waals surface area contributed by atoms with Crippen LogP contribution in [0.15, 0.2) is 18.2 Å². The van der Waals surface area contributed by atoms with Crippen molar-refractivity contribution in [1.82, 2.24) is 4.90 Å². The molecule has 0 radical (unpaired) electrons. The van der Waals surface area contributed by atoms with Crippen molar-refractivity contribution in [2.45, 2.75) is 25.8 Å². The molecule has 0 aliphatic carbocycles. The molecule has 1 atom stereocenters. The largest absolute Gasteiger partial charge is 0.492 e. The van der Waals surface area contributed by atoms with Crippen LogP contribution in [0.3, 0.4) is 0 Å². The van der Waals surface area contributed by atoms with Gasteiger partial charge in [0.1, 0.15) is 5.75 Å². The number of ether oxygens (including phenoxy) is 1. The van der Waals surface area contributed by atoms with E-state index >= 15 is 0 Å². The molecule has 4 heteroatoms. The Morgan fingerprint density at radius 2 is 2.21 bits per heavy atom. The van der Waals surface area contributed by atoms with Crippen molar-refractivity contribution in [3.8, 4) is 5.75 Å². The lowest BCUT2D eigenvalue weighted by atomic mass is 10.2. The van der Waals surface area contributed by atoms with E-state index in [4.69, 9.17) is 10.5 Å². The highest BCUT2D eigenvalue weighted by molar-refractivity contribution is 5.63. The highest BCUT2D eigenvalue weighted by atomic mass is 16.5. The molecule has 1 aromatic carbocycles. The molecule has 0 spiro atoms. The number of nitrogens with two attached hydrogens (primary N) is 1. The molecule has 4 nitrogen and oxygen atoms in total. The normalized spacial score (nSPS) is 19.2. The monoisotopic (exact) mass is 263 g/mol. The van der Waals surface area contributed by atoms with Crippen molar-refractivity contribution in [3.63, 3.8) is 0 Å². The zero-order valence-corrected chi connectivity index (χ0v) is 12.2. The van der Waals surface area contributed by atoms with Crippen LogP contribution in [-0.4, -0.2) is 44.7 Å². The molecular weight excluding hydrogens is 238 g/mol. The van der Waals surface area contributed by atoms with E-state index < -0.39 is 0 Å². The molecule has 2 rings (SSSR count). The number of benzene rings is 1. The molecule has 1 aliphatic rings. The number of hydrogen-bond acceptors (Lipinski definition) is 4. The second kappa shape index (κ2) is 6.15. The third kappa shape index (κ3) is 3.32. The smallest absolute Gasteiger partial charge is 0.144 e. The summed E-state index contributed by atoms with van der Waals surface area (Å²) in [5.41, 5.74) is 7.88. The van der Waals surface area contributed by atoms with Gasteiger partial charge < -0.3 is 20.3 Å². The molecule has 2 N–H and O–H groups in total. The SMILES string of the molecule is CCOc1cc(N2CCCC2CN(C)C)ccc1N. The Kier molecular flexibility index (Phi) is 4.53. The summed E-state index contributed by atoms with van der Waals surface area (Å²) in [5, 5.41) is 0. The highest BCUT2D eigenvalue weighted by Crippen LogP contribution is 2.32. The van der Waals surface area contributed by atoms with Crippen LogP contribution < -0.4 is 15.4 Å². The number of likely N-dealkylation sites (N-methyl/N-ethyl adjacent to an activating group) is 1. The van der Waals surface area contributed by atoms with E-state index in [2.05, 4.69) is 36.0 Å². The van der Waals surface area contributed by atoms with Gasteiger partial charge in [0.05, 0.1) is 12.3 Å². The Bertz CT molecular complexity index is 420. The summed E-state index contributed by atoms with van der Waals surface area (Å²) < 4.78 is 5.59. The second-order valence-electron chi connectivity index (χ2n) is 5.41. The van der Waals surface area contributed by atoms with E-state index in [0.29, 0.717) is 18.3 Å². The van der Waals surface area contributed by atoms with Gasteiger partial charge in [-0.1, -0.05) is 0 Å². The molecule has 19 heavy (non-hydrogen) atoms. The molecule has 1 saturated heterocycles. The lowest BCUT2D eigenvalue weighted by Crippen LogP contribution is -2.37. The van der Waals surface area contributed by atoms with Crippen molar-refractivity contribution in [1.29, 1.82) is 0 Å². The Morgan fingerprint density at radius 3 is 2.89 bits per heavy atom. The fraction of sp³-hybridized carbons (Fsp3) is 0.600. The summed E-state index contributed by atoms with van der Waals surface area (Å²) in [7, 11) is 4.26. The first-order valence-corrected chi connectivity index (χ1v) is 7.05. The Morgan fingerprint density at radius 1 is 1.42 bits per heavy atom. The Balaban J connectivity index is 2.18. The van der Waals surface area contributed by atoms with Crippen LogP contribution in [0.1, 0.15) is 19.8 Å². The van der Waals surface area contributed by atoms with Gasteiger partial charge in [-0.25, -0.2) is 0 Å². The van der Waals surface area contributed by atoms with E-state index in [9.17, 15) is 0 Å². The van der Waals surface area contributed by atoms with E-state index in [-0.39, 0.29) is 0 Å². The molecule has 1 aromatic rings. The number of hydrogen-bond donors (Lipinski definition) is 1. The predicted octanol–water partition coefficient (Wildman–Crippen LogP) is 2.20. The summed E-state index contributed by atoms with van der Waals surface area (Å²) in [6.07, 6.45) is 2.51. The van der Waals surface area contributed by atoms with Crippen LogP contribution in [0.5, 0.6) is 5.75 Å². The predicted molar refractivity (Wildman–Crippen MR) is 80.9 cm³/mol. The van der Waals surface area contributed by atoms with Crippen LogP contribution in [0.2, 0.25) is 0 Å². The molecule has 1 heterocycles. The third-order valence-electron chi connectivity index (χ3n) is 3.58. The highest BCUT2D eigenvalue weighted by Gasteiger charge is 2.25. The van der Waals surface area contributed by atoms with Crippen LogP contribution in [0.4, 0.5) is 11.4 Å². The molecular formula is C15H25N3O. The van der Waals surface area contributed by atoms with Gasteiger partial charge in [-0.2, -0.15) is 0 Å². The van der Waals surface area contributed by atoms with E-state index in [1.54, 1.807) is 0 Å². The van der Waals surface area contributed by atoms with Crippen molar-refractivity contribution < 1.29 is 4.74 Å². The number of nitrogens with zero attached hydrogens (tertiary/aromatic N) is 2. The van der Waals surface area contributed by atoms with Crippen molar-refractivity contribution >= 4 is 11.4 Å². The van der Waals surface area contributed by atoms with Crippen LogP contribution in [0.25, 0.3) is 0 Å². The van der Waals surface area contributed by atoms with E-state index in [1.165, 1.54) is 18.5 Å². The maximum atomic E-state index is 5.94. The minimum atomic E-state index is 0.591. The quantitative estimate of drug-likeness (QED) is 0.827. The van der Waals surface area contributed by atoms with Crippen molar-refractivity contribution in [3.05, 3.63) is 18.2 Å².